The summed E-state index contributed by atoms with van der Waals surface area (Å²) in [6, 6.07) is -1.11. The smallest absolute Gasteiger partial charge is 0.387 e. The highest BCUT2D eigenvalue weighted by atomic mass is 31.2. The molecule has 6 unspecified atom stereocenters. The average molecular weight is 822 g/mol. The molecule has 12 nitrogen and oxygen atoms in total. The molecule has 332 valence electrons. The second kappa shape index (κ2) is 33.9. The van der Waals surface area contributed by atoms with E-state index in [2.05, 4.69) is 19.2 Å². The van der Waals surface area contributed by atoms with Gasteiger partial charge in [-0.3, -0.25) is 13.8 Å². The molecule has 0 aromatic rings. The molecule has 13 heteroatoms. The van der Waals surface area contributed by atoms with Gasteiger partial charge >= 0.3 is 7.82 Å². The fourth-order valence-corrected chi connectivity index (χ4v) is 8.28. The summed E-state index contributed by atoms with van der Waals surface area (Å²) >= 11 is 0. The monoisotopic (exact) mass is 822 g/mol. The minimum Gasteiger partial charge on any atom is -0.387 e. The number of aliphatic hydroxyl groups excluding tert-OH is 6. The maximum Gasteiger partial charge on any atom is 0.472 e. The Hall–Kier alpha value is -0.920. The number of nitrogens with one attached hydrogen (secondary N) is 1. The summed E-state index contributed by atoms with van der Waals surface area (Å²) in [5.41, 5.74) is 0. The van der Waals surface area contributed by atoms with Crippen LogP contribution >= 0.6 is 7.82 Å². The quantitative estimate of drug-likeness (QED) is 0.0171. The van der Waals surface area contributed by atoms with Gasteiger partial charge in [-0.05, 0) is 19.3 Å². The van der Waals surface area contributed by atoms with Gasteiger partial charge in [0.15, 0.2) is 0 Å². The Kier molecular flexibility index (Phi) is 32.1. The zero-order valence-electron chi connectivity index (χ0n) is 35.2. The highest BCUT2D eigenvalue weighted by Crippen LogP contribution is 2.47. The molecule has 0 aromatic carbocycles. The molecule has 0 saturated heterocycles. The molecule has 0 aromatic heterocycles. The second-order valence-electron chi connectivity index (χ2n) is 16.3. The van der Waals surface area contributed by atoms with Crippen LogP contribution < -0.4 is 5.32 Å². The highest BCUT2D eigenvalue weighted by molar-refractivity contribution is 7.47. The summed E-state index contributed by atoms with van der Waals surface area (Å²) < 4.78 is 22.9. The van der Waals surface area contributed by atoms with E-state index in [9.17, 15) is 44.9 Å². The standard InChI is InChI=1S/C43H84NO11P/c1-3-5-7-9-11-13-15-17-18-19-21-22-24-26-28-30-32-36(45)35(34-54-56(52,53)55-43-41(50)39(48)38(47)40(49)42(43)51)44-37(46)33-31-29-27-25-23-20-16-14-12-10-8-6-4-2/h30,32,35-36,38-43,45,47-51H,3-29,31,33-34H2,1-2H3,(H,44,46)(H,52,53)/b32-30+/t35-,36+,38?,39+,40?,41?,42?,43?/m0/s1. The molecule has 1 fully saturated rings. The van der Waals surface area contributed by atoms with E-state index in [1.807, 2.05) is 6.08 Å². The van der Waals surface area contributed by atoms with E-state index in [-0.39, 0.29) is 12.3 Å². The van der Waals surface area contributed by atoms with Crippen molar-refractivity contribution in [3.63, 3.8) is 0 Å². The number of rotatable bonds is 37. The summed E-state index contributed by atoms with van der Waals surface area (Å²) in [5.74, 6) is -0.340. The van der Waals surface area contributed by atoms with Crippen LogP contribution in [0, 0.1) is 0 Å². The van der Waals surface area contributed by atoms with Gasteiger partial charge < -0.3 is 40.8 Å². The number of carbonyl (C=O) groups is 1. The van der Waals surface area contributed by atoms with Crippen LogP contribution in [0.15, 0.2) is 12.2 Å². The van der Waals surface area contributed by atoms with E-state index < -0.39 is 63.2 Å². The molecule has 0 heterocycles. The van der Waals surface area contributed by atoms with E-state index >= 15 is 0 Å². The summed E-state index contributed by atoms with van der Waals surface area (Å²) in [6.45, 7) is 3.83. The van der Waals surface area contributed by atoms with Crippen molar-refractivity contribution in [1.29, 1.82) is 0 Å². The van der Waals surface area contributed by atoms with Crippen LogP contribution in [0.5, 0.6) is 0 Å². The van der Waals surface area contributed by atoms with Crippen molar-refractivity contribution in [1.82, 2.24) is 5.32 Å². The summed E-state index contributed by atoms with van der Waals surface area (Å²) in [4.78, 5) is 23.3. The summed E-state index contributed by atoms with van der Waals surface area (Å²) in [5, 5.41) is 63.9. The van der Waals surface area contributed by atoms with Crippen molar-refractivity contribution < 1.29 is 53.9 Å². The Bertz CT molecular complexity index is 1000. The molecule has 56 heavy (non-hydrogen) atoms. The summed E-state index contributed by atoms with van der Waals surface area (Å²) in [7, 11) is -5.07. The molecule has 1 saturated carbocycles. The first-order valence-corrected chi connectivity index (χ1v) is 24.1. The van der Waals surface area contributed by atoms with E-state index in [4.69, 9.17) is 9.05 Å². The predicted octanol–water partition coefficient (Wildman–Crippen LogP) is 8.06. The van der Waals surface area contributed by atoms with Gasteiger partial charge in [-0.1, -0.05) is 187 Å². The van der Waals surface area contributed by atoms with Crippen LogP contribution in [0.1, 0.15) is 200 Å². The lowest BCUT2D eigenvalue weighted by Crippen LogP contribution is -2.64. The molecule has 8 N–H and O–H groups in total. The Morgan fingerprint density at radius 3 is 1.36 bits per heavy atom. The first-order chi connectivity index (χ1) is 26.9. The number of aliphatic hydroxyl groups is 6. The number of hydrogen-bond acceptors (Lipinski definition) is 10. The van der Waals surface area contributed by atoms with Crippen LogP contribution in [0.4, 0.5) is 0 Å². The average Bonchev–Trinajstić information content (AvgIpc) is 3.18. The molecule has 0 aliphatic heterocycles. The number of phosphoric acid groups is 1. The van der Waals surface area contributed by atoms with Crippen molar-refractivity contribution in [2.45, 2.75) is 249 Å². The largest absolute Gasteiger partial charge is 0.472 e. The van der Waals surface area contributed by atoms with Crippen molar-refractivity contribution >= 4 is 13.7 Å². The summed E-state index contributed by atoms with van der Waals surface area (Å²) in [6.07, 6.45) is 24.2. The Morgan fingerprint density at radius 1 is 0.589 bits per heavy atom. The Labute approximate surface area is 339 Å². The fourth-order valence-electron chi connectivity index (χ4n) is 7.31. The lowest BCUT2D eigenvalue weighted by Gasteiger charge is -2.41. The zero-order chi connectivity index (χ0) is 41.4. The first kappa shape index (κ1) is 53.1. The van der Waals surface area contributed by atoms with E-state index in [0.717, 1.165) is 44.9 Å². The van der Waals surface area contributed by atoms with Crippen LogP contribution in [0.3, 0.4) is 0 Å². The van der Waals surface area contributed by atoms with Gasteiger partial charge in [-0.25, -0.2) is 4.57 Å². The number of unbranched alkanes of at least 4 members (excludes halogenated alkanes) is 26. The molecule has 1 aliphatic rings. The lowest BCUT2D eigenvalue weighted by atomic mass is 9.85. The molecular weight excluding hydrogens is 737 g/mol. The van der Waals surface area contributed by atoms with E-state index in [0.29, 0.717) is 6.42 Å². The third-order valence-corrected chi connectivity index (χ3v) is 12.1. The molecule has 1 aliphatic carbocycles. The third-order valence-electron chi connectivity index (χ3n) is 11.1. The topological polar surface area (TPSA) is 206 Å². The van der Waals surface area contributed by atoms with Gasteiger partial charge in [0, 0.05) is 6.42 Å². The van der Waals surface area contributed by atoms with E-state index in [1.54, 1.807) is 0 Å². The zero-order valence-corrected chi connectivity index (χ0v) is 36.1. The molecule has 0 spiro atoms. The fraction of sp³-hybridized carbons (Fsp3) is 0.930. The maximum absolute atomic E-state index is 12.9. The van der Waals surface area contributed by atoms with Gasteiger partial charge in [0.25, 0.3) is 0 Å². The van der Waals surface area contributed by atoms with Crippen LogP contribution in [-0.2, 0) is 18.4 Å². The first-order valence-electron chi connectivity index (χ1n) is 22.6. The Balaban J connectivity index is 2.52. The van der Waals surface area contributed by atoms with E-state index in [1.165, 1.54) is 134 Å². The lowest BCUT2D eigenvalue weighted by molar-refractivity contribution is -0.220. The van der Waals surface area contributed by atoms with Crippen LogP contribution in [0.2, 0.25) is 0 Å². The molecule has 0 bridgehead atoms. The number of allylic oxidation sites excluding steroid dienone is 1. The van der Waals surface area contributed by atoms with Crippen molar-refractivity contribution in [3.8, 4) is 0 Å². The number of amides is 1. The van der Waals surface area contributed by atoms with Crippen molar-refractivity contribution in [2.24, 2.45) is 0 Å². The maximum atomic E-state index is 12.9. The normalized spacial score (nSPS) is 23.7. The molecule has 0 radical (unpaired) electrons. The van der Waals surface area contributed by atoms with Gasteiger partial charge in [0.2, 0.25) is 5.91 Å². The van der Waals surface area contributed by atoms with Gasteiger partial charge in [0.05, 0.1) is 18.8 Å². The van der Waals surface area contributed by atoms with Crippen LogP contribution in [0.25, 0.3) is 0 Å². The van der Waals surface area contributed by atoms with Crippen molar-refractivity contribution in [2.75, 3.05) is 6.61 Å². The molecule has 1 rings (SSSR count). The number of hydrogen-bond donors (Lipinski definition) is 8. The molecule has 9 atom stereocenters. The number of phosphoric ester groups is 1. The number of carbonyl (C=O) groups excluding carboxylic acids is 1. The second-order valence-corrected chi connectivity index (χ2v) is 17.7. The van der Waals surface area contributed by atoms with Gasteiger partial charge in [-0.15, -0.1) is 0 Å². The Morgan fingerprint density at radius 2 is 0.946 bits per heavy atom. The molecular formula is C43H84NO11P. The highest BCUT2D eigenvalue weighted by Gasteiger charge is 2.51. The van der Waals surface area contributed by atoms with Crippen molar-refractivity contribution in [3.05, 3.63) is 12.2 Å². The van der Waals surface area contributed by atoms with Gasteiger partial charge in [-0.2, -0.15) is 0 Å². The predicted molar refractivity (Wildman–Crippen MR) is 223 cm³/mol. The van der Waals surface area contributed by atoms with Crippen LogP contribution in [-0.4, -0.2) is 96.8 Å². The minimum absolute atomic E-state index is 0.218. The minimum atomic E-state index is -5.07. The third kappa shape index (κ3) is 25.5. The molecule has 1 amide bonds. The SMILES string of the molecule is CCCCCCCCCCCCCCCC/C=C/[C@@H](O)[C@H](COP(=O)(O)OC1C(O)C(O)C(O)[C@@H](O)C1O)NC(=O)CCCCCCCCCCCCCCC. The van der Waals surface area contributed by atoms with Gasteiger partial charge in [0.1, 0.15) is 36.6 Å².